The highest BCUT2D eigenvalue weighted by molar-refractivity contribution is 6.32. The molecule has 14 heavy (non-hydrogen) atoms. The van der Waals surface area contributed by atoms with Crippen LogP contribution in [0.2, 0.25) is 5.02 Å². The number of ketones is 1. The first kappa shape index (κ1) is 10.7. The minimum atomic E-state index is -1.38. The van der Waals surface area contributed by atoms with E-state index in [0.717, 1.165) is 5.56 Å². The van der Waals surface area contributed by atoms with Crippen molar-refractivity contribution in [3.8, 4) is 0 Å². The summed E-state index contributed by atoms with van der Waals surface area (Å²) in [4.78, 5) is 21.0. The molecule has 0 aliphatic heterocycles. The van der Waals surface area contributed by atoms with Crippen molar-refractivity contribution < 1.29 is 14.7 Å². The molecule has 0 heterocycles. The number of halogens is 1. The Labute approximate surface area is 86.3 Å². The van der Waals surface area contributed by atoms with E-state index >= 15 is 0 Å². The van der Waals surface area contributed by atoms with Crippen molar-refractivity contribution >= 4 is 23.4 Å². The fourth-order valence-electron chi connectivity index (χ4n) is 1.06. The summed E-state index contributed by atoms with van der Waals surface area (Å²) in [6.45, 7) is 0. The maximum absolute atomic E-state index is 10.8. The number of aryl methyl sites for hydroxylation is 1. The first-order valence-corrected chi connectivity index (χ1v) is 4.48. The Bertz CT molecular complexity index is 360. The van der Waals surface area contributed by atoms with E-state index in [9.17, 15) is 9.59 Å². The molecule has 0 radical (unpaired) electrons. The van der Waals surface area contributed by atoms with Crippen LogP contribution < -0.4 is 0 Å². The molecule has 0 aromatic heterocycles. The van der Waals surface area contributed by atoms with Crippen LogP contribution in [0.3, 0.4) is 0 Å². The number of benzene rings is 1. The molecule has 0 amide bonds. The second kappa shape index (κ2) is 4.77. The molecule has 0 unspecified atom stereocenters. The van der Waals surface area contributed by atoms with E-state index < -0.39 is 11.8 Å². The lowest BCUT2D eigenvalue weighted by Crippen LogP contribution is -2.12. The van der Waals surface area contributed by atoms with Gasteiger partial charge in [0.2, 0.25) is 5.78 Å². The molecule has 0 bridgehead atoms. The Hall–Kier alpha value is -1.35. The molecule has 74 valence electrons. The summed E-state index contributed by atoms with van der Waals surface area (Å²) in [5.74, 6) is -2.16. The van der Waals surface area contributed by atoms with Gasteiger partial charge in [-0.25, -0.2) is 4.79 Å². The van der Waals surface area contributed by atoms with Crippen molar-refractivity contribution in [1.29, 1.82) is 0 Å². The van der Waals surface area contributed by atoms with E-state index in [1.54, 1.807) is 24.3 Å². The van der Waals surface area contributed by atoms with Gasteiger partial charge in [0.15, 0.2) is 0 Å². The second-order valence-electron chi connectivity index (χ2n) is 2.86. The van der Waals surface area contributed by atoms with Gasteiger partial charge in [0.1, 0.15) is 0 Å². The van der Waals surface area contributed by atoms with Crippen LogP contribution in [0.25, 0.3) is 0 Å². The van der Waals surface area contributed by atoms with Gasteiger partial charge in [-0.1, -0.05) is 23.7 Å². The molecular formula is C10H9ClO3. The van der Waals surface area contributed by atoms with Crippen molar-refractivity contribution in [3.63, 3.8) is 0 Å². The molecule has 1 rings (SSSR count). The topological polar surface area (TPSA) is 54.4 Å². The highest BCUT2D eigenvalue weighted by Gasteiger charge is 2.10. The van der Waals surface area contributed by atoms with Crippen LogP contribution in [0.4, 0.5) is 0 Å². The number of hydrogen-bond acceptors (Lipinski definition) is 2. The average Bonchev–Trinajstić information content (AvgIpc) is 2.14. The number of carbonyl (C=O) groups is 2. The van der Waals surface area contributed by atoms with Crippen molar-refractivity contribution in [1.82, 2.24) is 0 Å². The number of aliphatic carboxylic acids is 1. The normalized spacial score (nSPS) is 9.79. The van der Waals surface area contributed by atoms with Gasteiger partial charge in [0.05, 0.1) is 0 Å². The highest BCUT2D eigenvalue weighted by atomic mass is 35.5. The number of carboxylic acid groups (broad SMARTS) is 1. The van der Waals surface area contributed by atoms with Gasteiger partial charge in [-0.15, -0.1) is 0 Å². The number of carbonyl (C=O) groups excluding carboxylic acids is 1. The monoisotopic (exact) mass is 212 g/mol. The van der Waals surface area contributed by atoms with E-state index in [4.69, 9.17) is 16.7 Å². The molecule has 0 saturated carbocycles. The molecule has 1 aromatic rings. The smallest absolute Gasteiger partial charge is 0.372 e. The summed E-state index contributed by atoms with van der Waals surface area (Å²) < 4.78 is 0. The van der Waals surface area contributed by atoms with Gasteiger partial charge in [-0.3, -0.25) is 4.79 Å². The first-order chi connectivity index (χ1) is 6.59. The molecule has 1 N–H and O–H groups in total. The summed E-state index contributed by atoms with van der Waals surface area (Å²) in [7, 11) is 0. The summed E-state index contributed by atoms with van der Waals surface area (Å²) in [5, 5.41) is 8.93. The van der Waals surface area contributed by atoms with Gasteiger partial charge >= 0.3 is 5.97 Å². The molecular weight excluding hydrogens is 204 g/mol. The lowest BCUT2D eigenvalue weighted by atomic mass is 10.1. The third kappa shape index (κ3) is 3.18. The van der Waals surface area contributed by atoms with Crippen molar-refractivity contribution in [3.05, 3.63) is 34.9 Å². The molecule has 0 aliphatic carbocycles. The Morgan fingerprint density at radius 2 is 2.07 bits per heavy atom. The lowest BCUT2D eigenvalue weighted by Gasteiger charge is -1.99. The summed E-state index contributed by atoms with van der Waals surface area (Å²) in [6, 6.07) is 7.02. The van der Waals surface area contributed by atoms with Gasteiger partial charge < -0.3 is 5.11 Å². The van der Waals surface area contributed by atoms with Gasteiger partial charge in [-0.2, -0.15) is 0 Å². The Morgan fingerprint density at radius 1 is 1.36 bits per heavy atom. The van der Waals surface area contributed by atoms with Crippen LogP contribution >= 0.6 is 11.6 Å². The quantitative estimate of drug-likeness (QED) is 0.776. The van der Waals surface area contributed by atoms with Crippen LogP contribution in [0.15, 0.2) is 24.3 Å². The fourth-order valence-corrected chi connectivity index (χ4v) is 1.27. The minimum absolute atomic E-state index is 0.00960. The van der Waals surface area contributed by atoms with Crippen LogP contribution in [-0.2, 0) is 16.0 Å². The van der Waals surface area contributed by atoms with E-state index in [2.05, 4.69) is 0 Å². The molecule has 4 heteroatoms. The predicted molar refractivity (Wildman–Crippen MR) is 52.4 cm³/mol. The SMILES string of the molecule is O=C(O)C(=O)CCc1cccc(Cl)c1. The minimum Gasteiger partial charge on any atom is -0.476 e. The van der Waals surface area contributed by atoms with Gasteiger partial charge in [0.25, 0.3) is 0 Å². The molecule has 0 spiro atoms. The van der Waals surface area contributed by atoms with E-state index in [1.165, 1.54) is 0 Å². The third-order valence-electron chi connectivity index (χ3n) is 1.77. The second-order valence-corrected chi connectivity index (χ2v) is 3.29. The van der Waals surface area contributed by atoms with Crippen molar-refractivity contribution in [2.45, 2.75) is 12.8 Å². The van der Waals surface area contributed by atoms with Gasteiger partial charge in [0, 0.05) is 11.4 Å². The Kier molecular flexibility index (Phi) is 3.65. The van der Waals surface area contributed by atoms with Crippen LogP contribution in [-0.4, -0.2) is 16.9 Å². The Morgan fingerprint density at radius 3 is 2.64 bits per heavy atom. The van der Waals surface area contributed by atoms with Gasteiger partial charge in [-0.05, 0) is 24.1 Å². The molecule has 0 atom stereocenters. The van der Waals surface area contributed by atoms with Crippen molar-refractivity contribution in [2.75, 3.05) is 0 Å². The van der Waals surface area contributed by atoms with Crippen molar-refractivity contribution in [2.24, 2.45) is 0 Å². The average molecular weight is 213 g/mol. The molecule has 1 aromatic carbocycles. The lowest BCUT2D eigenvalue weighted by molar-refractivity contribution is -0.149. The predicted octanol–water partition coefficient (Wildman–Crippen LogP) is 1.93. The zero-order valence-corrected chi connectivity index (χ0v) is 8.12. The first-order valence-electron chi connectivity index (χ1n) is 4.10. The summed E-state index contributed by atoms with van der Waals surface area (Å²) in [5.41, 5.74) is 0.868. The summed E-state index contributed by atoms with van der Waals surface area (Å²) in [6.07, 6.45) is 0.418. The van der Waals surface area contributed by atoms with E-state index in [-0.39, 0.29) is 6.42 Å². The van der Waals surface area contributed by atoms with E-state index in [0.29, 0.717) is 11.4 Å². The Balaban J connectivity index is 2.54. The largest absolute Gasteiger partial charge is 0.476 e. The maximum Gasteiger partial charge on any atom is 0.372 e. The number of hydrogen-bond donors (Lipinski definition) is 1. The highest BCUT2D eigenvalue weighted by Crippen LogP contribution is 2.12. The molecule has 0 saturated heterocycles. The molecule has 0 aliphatic rings. The zero-order chi connectivity index (χ0) is 10.6. The molecule has 0 fully saturated rings. The van der Waals surface area contributed by atoms with Crippen LogP contribution in [0.5, 0.6) is 0 Å². The zero-order valence-electron chi connectivity index (χ0n) is 7.37. The molecule has 3 nitrogen and oxygen atoms in total. The van der Waals surface area contributed by atoms with E-state index in [1.807, 2.05) is 0 Å². The van der Waals surface area contributed by atoms with Crippen LogP contribution in [0.1, 0.15) is 12.0 Å². The third-order valence-corrected chi connectivity index (χ3v) is 2.00. The number of Topliss-reactive ketones (excluding diaryl/α,β-unsaturated/α-hetero) is 1. The van der Waals surface area contributed by atoms with Crippen LogP contribution in [0, 0.1) is 0 Å². The number of rotatable bonds is 4. The number of carboxylic acids is 1. The fraction of sp³-hybridized carbons (Fsp3) is 0.200. The standard InChI is InChI=1S/C10H9ClO3/c11-8-3-1-2-7(6-8)4-5-9(12)10(13)14/h1-3,6H,4-5H2,(H,13,14). The summed E-state index contributed by atoms with van der Waals surface area (Å²) >= 11 is 5.72. The maximum atomic E-state index is 10.8.